The molecule has 0 radical (unpaired) electrons. The minimum absolute atomic E-state index is 0. The molecule has 0 N–H and O–H groups in total. The zero-order valence-electron chi connectivity index (χ0n) is 16.5. The lowest BCUT2D eigenvalue weighted by molar-refractivity contribution is 0.153. The third-order valence-corrected chi connectivity index (χ3v) is 5.42. The van der Waals surface area contributed by atoms with Crippen LogP contribution in [0.1, 0.15) is 36.8 Å². The maximum absolute atomic E-state index is 6.17. The van der Waals surface area contributed by atoms with E-state index >= 15 is 0 Å². The van der Waals surface area contributed by atoms with Gasteiger partial charge in [-0.2, -0.15) is 0 Å². The van der Waals surface area contributed by atoms with Crippen LogP contribution in [0.5, 0.6) is 11.5 Å². The molecule has 1 aliphatic rings. The molecule has 0 aliphatic carbocycles. The monoisotopic (exact) mass is 389 g/mol. The number of halogens is 1. The van der Waals surface area contributed by atoms with Crippen LogP contribution < -0.4 is 9.47 Å². The summed E-state index contributed by atoms with van der Waals surface area (Å²) < 4.78 is 11.5. The number of hydrogen-bond donors (Lipinski definition) is 0. The summed E-state index contributed by atoms with van der Waals surface area (Å²) in [6.07, 6.45) is 7.07. The molecule has 1 aliphatic heterocycles. The van der Waals surface area contributed by atoms with Gasteiger partial charge >= 0.3 is 0 Å². The van der Waals surface area contributed by atoms with Crippen LogP contribution in [0.25, 0.3) is 0 Å². The number of methoxy groups -OCH3 is 1. The Hall–Kier alpha value is -1.71. The third-order valence-electron chi connectivity index (χ3n) is 5.42. The third kappa shape index (κ3) is 6.44. The summed E-state index contributed by atoms with van der Waals surface area (Å²) in [6, 6.07) is 17.4. The first-order chi connectivity index (χ1) is 12.8. The van der Waals surface area contributed by atoms with Crippen LogP contribution in [-0.2, 0) is 12.8 Å². The molecule has 1 unspecified atom stereocenters. The molecule has 2 aromatic carbocycles. The maximum Gasteiger partial charge on any atom is 0.122 e. The second-order valence-corrected chi connectivity index (χ2v) is 7.23. The molecule has 1 atom stereocenters. The summed E-state index contributed by atoms with van der Waals surface area (Å²) in [7, 11) is 3.96. The standard InChI is InChI=1S/C23H31NO2.ClH/c1-24-16-6-5-10-21(24)15-17-26-23-12-4-3-9-20(23)14-13-19-8-7-11-22(18-19)25-2;/h3-4,7-9,11-12,18,21H,5-6,10,13-17H2,1-2H3;1H. The predicted molar refractivity (Wildman–Crippen MR) is 114 cm³/mol. The topological polar surface area (TPSA) is 21.7 Å². The first-order valence-electron chi connectivity index (χ1n) is 9.80. The van der Waals surface area contributed by atoms with Gasteiger partial charge in [0, 0.05) is 6.04 Å². The summed E-state index contributed by atoms with van der Waals surface area (Å²) in [5, 5.41) is 0. The molecule has 1 heterocycles. The van der Waals surface area contributed by atoms with Gasteiger partial charge in [0.25, 0.3) is 0 Å². The number of piperidine rings is 1. The van der Waals surface area contributed by atoms with Gasteiger partial charge in [0.15, 0.2) is 0 Å². The summed E-state index contributed by atoms with van der Waals surface area (Å²) >= 11 is 0. The van der Waals surface area contributed by atoms with Gasteiger partial charge in [-0.05, 0) is 75.0 Å². The summed E-state index contributed by atoms with van der Waals surface area (Å²) in [5.74, 6) is 1.96. The smallest absolute Gasteiger partial charge is 0.122 e. The zero-order chi connectivity index (χ0) is 18.2. The highest BCUT2D eigenvalue weighted by atomic mass is 35.5. The number of likely N-dealkylation sites (tertiary alicyclic amines) is 1. The van der Waals surface area contributed by atoms with Crippen LogP contribution in [0.15, 0.2) is 48.5 Å². The number of ether oxygens (including phenoxy) is 2. The Labute approximate surface area is 170 Å². The van der Waals surface area contributed by atoms with Crippen LogP contribution in [-0.4, -0.2) is 38.3 Å². The van der Waals surface area contributed by atoms with Crippen LogP contribution in [0.2, 0.25) is 0 Å². The van der Waals surface area contributed by atoms with E-state index in [2.05, 4.69) is 54.4 Å². The highest BCUT2D eigenvalue weighted by Gasteiger charge is 2.18. The van der Waals surface area contributed by atoms with E-state index in [1.807, 2.05) is 6.07 Å². The van der Waals surface area contributed by atoms with Crippen molar-refractivity contribution in [2.24, 2.45) is 0 Å². The SMILES string of the molecule is COc1cccc(CCc2ccccc2OCCC2CCCCN2C)c1.Cl. The lowest BCUT2D eigenvalue weighted by Gasteiger charge is -2.32. The summed E-state index contributed by atoms with van der Waals surface area (Å²) in [5.41, 5.74) is 2.58. The fourth-order valence-electron chi connectivity index (χ4n) is 3.77. The van der Waals surface area contributed by atoms with E-state index in [4.69, 9.17) is 9.47 Å². The summed E-state index contributed by atoms with van der Waals surface area (Å²) in [4.78, 5) is 2.49. The van der Waals surface area contributed by atoms with Crippen molar-refractivity contribution in [2.45, 2.75) is 44.6 Å². The molecule has 1 saturated heterocycles. The van der Waals surface area contributed by atoms with Gasteiger partial charge in [-0.25, -0.2) is 0 Å². The van der Waals surface area contributed by atoms with Crippen molar-refractivity contribution in [3.8, 4) is 11.5 Å². The Morgan fingerprint density at radius 3 is 2.70 bits per heavy atom. The Balaban J connectivity index is 0.00000261. The van der Waals surface area contributed by atoms with Gasteiger partial charge in [0.2, 0.25) is 0 Å². The van der Waals surface area contributed by atoms with Crippen LogP contribution >= 0.6 is 12.4 Å². The number of benzene rings is 2. The molecule has 0 bridgehead atoms. The quantitative estimate of drug-likeness (QED) is 0.622. The molecule has 0 spiro atoms. The molecule has 0 aromatic heterocycles. The predicted octanol–water partition coefficient (Wildman–Crippen LogP) is 5.16. The zero-order valence-corrected chi connectivity index (χ0v) is 17.3. The van der Waals surface area contributed by atoms with E-state index in [9.17, 15) is 0 Å². The van der Waals surface area contributed by atoms with Crippen molar-refractivity contribution in [3.63, 3.8) is 0 Å². The van der Waals surface area contributed by atoms with Gasteiger partial charge in [-0.3, -0.25) is 0 Å². The van der Waals surface area contributed by atoms with Crippen LogP contribution in [0.3, 0.4) is 0 Å². The molecule has 4 heteroatoms. The molecule has 2 aromatic rings. The average molecular weight is 390 g/mol. The first kappa shape index (κ1) is 21.6. The van der Waals surface area contributed by atoms with Gasteiger partial charge in [0.05, 0.1) is 13.7 Å². The Morgan fingerprint density at radius 2 is 1.89 bits per heavy atom. The average Bonchev–Trinajstić information content (AvgIpc) is 2.69. The van der Waals surface area contributed by atoms with Crippen LogP contribution in [0, 0.1) is 0 Å². The Morgan fingerprint density at radius 1 is 1.04 bits per heavy atom. The number of rotatable bonds is 8. The first-order valence-corrected chi connectivity index (χ1v) is 9.80. The summed E-state index contributed by atoms with van der Waals surface area (Å²) in [6.45, 7) is 2.02. The number of nitrogens with zero attached hydrogens (tertiary/aromatic N) is 1. The second-order valence-electron chi connectivity index (χ2n) is 7.23. The molecule has 0 saturated carbocycles. The minimum atomic E-state index is 0. The molecular formula is C23H32ClNO2. The largest absolute Gasteiger partial charge is 0.497 e. The Kier molecular flexibility index (Phi) is 8.96. The van der Waals surface area contributed by atoms with E-state index in [-0.39, 0.29) is 12.4 Å². The van der Waals surface area contributed by atoms with Gasteiger partial charge in [-0.15, -0.1) is 12.4 Å². The lowest BCUT2D eigenvalue weighted by atomic mass is 10.0. The van der Waals surface area contributed by atoms with E-state index < -0.39 is 0 Å². The fraction of sp³-hybridized carbons (Fsp3) is 0.478. The van der Waals surface area contributed by atoms with Crippen molar-refractivity contribution >= 4 is 12.4 Å². The maximum atomic E-state index is 6.17. The number of aryl methyl sites for hydroxylation is 2. The van der Waals surface area contributed by atoms with Gasteiger partial charge in [0.1, 0.15) is 11.5 Å². The Bertz CT molecular complexity index is 692. The minimum Gasteiger partial charge on any atom is -0.497 e. The normalized spacial score (nSPS) is 17.2. The molecule has 27 heavy (non-hydrogen) atoms. The molecule has 3 rings (SSSR count). The van der Waals surface area contributed by atoms with E-state index in [0.717, 1.165) is 37.4 Å². The van der Waals surface area contributed by atoms with Crippen molar-refractivity contribution in [1.29, 1.82) is 0 Å². The van der Waals surface area contributed by atoms with E-state index in [0.29, 0.717) is 6.04 Å². The molecule has 3 nitrogen and oxygen atoms in total. The highest BCUT2D eigenvalue weighted by molar-refractivity contribution is 5.85. The fourth-order valence-corrected chi connectivity index (χ4v) is 3.77. The van der Waals surface area contributed by atoms with Gasteiger partial charge in [-0.1, -0.05) is 36.8 Å². The number of hydrogen-bond acceptors (Lipinski definition) is 3. The highest BCUT2D eigenvalue weighted by Crippen LogP contribution is 2.23. The van der Waals surface area contributed by atoms with Crippen molar-refractivity contribution in [2.75, 3.05) is 27.3 Å². The van der Waals surface area contributed by atoms with Gasteiger partial charge < -0.3 is 14.4 Å². The lowest BCUT2D eigenvalue weighted by Crippen LogP contribution is -2.37. The van der Waals surface area contributed by atoms with Crippen molar-refractivity contribution in [3.05, 3.63) is 59.7 Å². The molecular weight excluding hydrogens is 358 g/mol. The molecule has 148 valence electrons. The van der Waals surface area contributed by atoms with Crippen molar-refractivity contribution in [1.82, 2.24) is 4.90 Å². The van der Waals surface area contributed by atoms with Crippen LogP contribution in [0.4, 0.5) is 0 Å². The molecule has 1 fully saturated rings. The second kappa shape index (κ2) is 11.2. The van der Waals surface area contributed by atoms with E-state index in [1.165, 1.54) is 36.9 Å². The van der Waals surface area contributed by atoms with Crippen molar-refractivity contribution < 1.29 is 9.47 Å². The molecule has 0 amide bonds. The van der Waals surface area contributed by atoms with E-state index in [1.54, 1.807) is 7.11 Å². The number of para-hydroxylation sites is 1.